The lowest BCUT2D eigenvalue weighted by Crippen LogP contribution is -2.46. The summed E-state index contributed by atoms with van der Waals surface area (Å²) in [7, 11) is 0. The minimum Gasteiger partial charge on any atom is -0.365 e. The Kier molecular flexibility index (Phi) is 4.82. The summed E-state index contributed by atoms with van der Waals surface area (Å²) in [6.07, 6.45) is 3.98. The van der Waals surface area contributed by atoms with E-state index in [0.717, 1.165) is 38.2 Å². The fourth-order valence-corrected chi connectivity index (χ4v) is 2.86. The Bertz CT molecular complexity index is 482. The number of hydrogen-bond acceptors (Lipinski definition) is 4. The van der Waals surface area contributed by atoms with Crippen LogP contribution in [0.1, 0.15) is 26.7 Å². The number of likely N-dealkylation sites (N-methyl/N-ethyl adjacent to an activating group) is 1. The molecular formula is C13H21ClN4O. The van der Waals surface area contributed by atoms with E-state index < -0.39 is 0 Å². The average Bonchev–Trinajstić information content (AvgIpc) is 2.45. The largest absolute Gasteiger partial charge is 0.365 e. The monoisotopic (exact) mass is 284 g/mol. The molecule has 1 atom stereocenters. The van der Waals surface area contributed by atoms with Gasteiger partial charge in [0.25, 0.3) is 5.56 Å². The molecule has 2 rings (SSSR count). The first-order chi connectivity index (χ1) is 9.19. The number of aryl methyl sites for hydroxylation is 1. The minimum atomic E-state index is -0.205. The van der Waals surface area contributed by atoms with Gasteiger partial charge in [-0.2, -0.15) is 5.10 Å². The van der Waals surface area contributed by atoms with Crippen LogP contribution in [0, 0.1) is 0 Å². The molecule has 1 aromatic heterocycles. The van der Waals surface area contributed by atoms with Crippen molar-refractivity contribution >= 4 is 17.3 Å². The van der Waals surface area contributed by atoms with E-state index in [1.54, 1.807) is 6.20 Å². The molecule has 1 N–H and O–H groups in total. The van der Waals surface area contributed by atoms with Gasteiger partial charge in [-0.05, 0) is 33.2 Å². The Morgan fingerprint density at radius 2 is 2.37 bits per heavy atom. The van der Waals surface area contributed by atoms with Crippen LogP contribution >= 0.6 is 11.6 Å². The molecule has 0 amide bonds. The number of hydrogen-bond donors (Lipinski definition) is 1. The summed E-state index contributed by atoms with van der Waals surface area (Å²) in [5.74, 6) is 0. The van der Waals surface area contributed by atoms with Crippen LogP contribution in [0.15, 0.2) is 11.0 Å². The third kappa shape index (κ3) is 2.92. The fraction of sp³-hybridized carbons (Fsp3) is 0.692. The lowest BCUT2D eigenvalue weighted by atomic mass is 10.1. The molecule has 1 fully saturated rings. The maximum absolute atomic E-state index is 12.0. The molecule has 1 saturated heterocycles. The summed E-state index contributed by atoms with van der Waals surface area (Å²) in [4.78, 5) is 14.2. The summed E-state index contributed by atoms with van der Waals surface area (Å²) in [6.45, 7) is 7.32. The van der Waals surface area contributed by atoms with Gasteiger partial charge in [0.15, 0.2) is 0 Å². The molecule has 1 aromatic rings. The molecule has 5 nitrogen and oxygen atoms in total. The number of nitrogens with zero attached hydrogens (tertiary/aromatic N) is 3. The summed E-state index contributed by atoms with van der Waals surface area (Å²) < 4.78 is 1.39. The predicted octanol–water partition coefficient (Wildman–Crippen LogP) is 1.49. The molecule has 106 valence electrons. The van der Waals surface area contributed by atoms with Gasteiger partial charge in [-0.25, -0.2) is 4.68 Å². The molecule has 2 heterocycles. The first kappa shape index (κ1) is 14.3. The topological polar surface area (TPSA) is 50.2 Å². The molecule has 0 spiro atoms. The quantitative estimate of drug-likeness (QED) is 0.910. The van der Waals surface area contributed by atoms with Crippen molar-refractivity contribution in [2.75, 3.05) is 24.5 Å². The number of aromatic nitrogens is 2. The van der Waals surface area contributed by atoms with Crippen molar-refractivity contribution in [3.05, 3.63) is 21.6 Å². The molecule has 0 saturated carbocycles. The van der Waals surface area contributed by atoms with E-state index in [2.05, 4.69) is 22.2 Å². The van der Waals surface area contributed by atoms with E-state index in [9.17, 15) is 4.79 Å². The zero-order valence-electron chi connectivity index (χ0n) is 11.5. The molecule has 1 aliphatic rings. The molecular weight excluding hydrogens is 264 g/mol. The van der Waals surface area contributed by atoms with Gasteiger partial charge in [-0.15, -0.1) is 0 Å². The Labute approximate surface area is 118 Å². The second-order valence-corrected chi connectivity index (χ2v) is 5.13. The van der Waals surface area contributed by atoms with Crippen molar-refractivity contribution in [1.82, 2.24) is 15.1 Å². The van der Waals surface area contributed by atoms with Crippen LogP contribution in [0.4, 0.5) is 5.69 Å². The Balaban J connectivity index is 2.32. The molecule has 6 heteroatoms. The SMILES string of the molecule is CCN(c1cnn(CC)c(=O)c1Cl)C1CCCNC1. The molecule has 1 unspecified atom stereocenters. The molecule has 0 aromatic carbocycles. The lowest BCUT2D eigenvalue weighted by molar-refractivity contribution is 0.434. The maximum Gasteiger partial charge on any atom is 0.287 e. The van der Waals surface area contributed by atoms with E-state index >= 15 is 0 Å². The van der Waals surface area contributed by atoms with Crippen LogP contribution in [0.2, 0.25) is 5.02 Å². The Morgan fingerprint density at radius 3 is 2.95 bits per heavy atom. The first-order valence-electron chi connectivity index (χ1n) is 6.92. The van der Waals surface area contributed by atoms with Crippen molar-refractivity contribution in [3.8, 4) is 0 Å². The molecule has 1 aliphatic heterocycles. The van der Waals surface area contributed by atoms with Crippen molar-refractivity contribution < 1.29 is 0 Å². The van der Waals surface area contributed by atoms with Crippen molar-refractivity contribution in [2.45, 2.75) is 39.3 Å². The number of anilines is 1. The van der Waals surface area contributed by atoms with Gasteiger partial charge in [-0.1, -0.05) is 11.6 Å². The van der Waals surface area contributed by atoms with E-state index in [-0.39, 0.29) is 10.6 Å². The highest BCUT2D eigenvalue weighted by molar-refractivity contribution is 6.33. The summed E-state index contributed by atoms with van der Waals surface area (Å²) >= 11 is 6.23. The van der Waals surface area contributed by atoms with Gasteiger partial charge < -0.3 is 10.2 Å². The second-order valence-electron chi connectivity index (χ2n) is 4.75. The van der Waals surface area contributed by atoms with Crippen LogP contribution in [0.25, 0.3) is 0 Å². The molecule has 0 bridgehead atoms. The van der Waals surface area contributed by atoms with Gasteiger partial charge in [0.2, 0.25) is 0 Å². The number of rotatable bonds is 4. The Morgan fingerprint density at radius 1 is 1.58 bits per heavy atom. The minimum absolute atomic E-state index is 0.205. The highest BCUT2D eigenvalue weighted by Gasteiger charge is 2.23. The smallest absolute Gasteiger partial charge is 0.287 e. The van der Waals surface area contributed by atoms with Gasteiger partial charge >= 0.3 is 0 Å². The van der Waals surface area contributed by atoms with E-state index in [1.165, 1.54) is 4.68 Å². The van der Waals surface area contributed by atoms with Crippen molar-refractivity contribution in [1.29, 1.82) is 0 Å². The van der Waals surface area contributed by atoms with Gasteiger partial charge in [0.05, 0.1) is 11.9 Å². The average molecular weight is 285 g/mol. The summed E-state index contributed by atoms with van der Waals surface area (Å²) in [5.41, 5.74) is 0.552. The van der Waals surface area contributed by atoms with Gasteiger partial charge in [-0.3, -0.25) is 4.79 Å². The van der Waals surface area contributed by atoms with Crippen LogP contribution in [-0.2, 0) is 6.54 Å². The summed E-state index contributed by atoms with van der Waals surface area (Å²) in [6, 6.07) is 0.384. The molecule has 0 radical (unpaired) electrons. The summed E-state index contributed by atoms with van der Waals surface area (Å²) in [5, 5.41) is 7.85. The number of halogens is 1. The van der Waals surface area contributed by atoms with Crippen molar-refractivity contribution in [2.24, 2.45) is 0 Å². The molecule has 0 aliphatic carbocycles. The van der Waals surface area contributed by atoms with E-state index in [1.807, 2.05) is 6.92 Å². The van der Waals surface area contributed by atoms with Crippen LogP contribution in [0.3, 0.4) is 0 Å². The fourth-order valence-electron chi connectivity index (χ4n) is 2.61. The van der Waals surface area contributed by atoms with Crippen LogP contribution in [0.5, 0.6) is 0 Å². The van der Waals surface area contributed by atoms with Crippen LogP contribution < -0.4 is 15.8 Å². The molecule has 19 heavy (non-hydrogen) atoms. The number of piperidine rings is 1. The second kappa shape index (κ2) is 6.39. The predicted molar refractivity (Wildman–Crippen MR) is 78.1 cm³/mol. The van der Waals surface area contributed by atoms with Gasteiger partial charge in [0.1, 0.15) is 5.02 Å². The standard InChI is InChI=1S/C13H21ClN4O/c1-3-17(10-6-5-7-15-8-10)11-9-16-18(4-2)13(19)12(11)14/h9-10,15H,3-8H2,1-2H3. The zero-order valence-corrected chi connectivity index (χ0v) is 12.3. The first-order valence-corrected chi connectivity index (χ1v) is 7.29. The van der Waals surface area contributed by atoms with E-state index in [0.29, 0.717) is 12.6 Å². The Hall–Kier alpha value is -1.07. The third-order valence-corrected chi connectivity index (χ3v) is 3.98. The van der Waals surface area contributed by atoms with Gasteiger partial charge in [0, 0.05) is 25.7 Å². The van der Waals surface area contributed by atoms with Crippen molar-refractivity contribution in [3.63, 3.8) is 0 Å². The third-order valence-electron chi connectivity index (χ3n) is 3.63. The van der Waals surface area contributed by atoms with Crippen LogP contribution in [-0.4, -0.2) is 35.5 Å². The zero-order chi connectivity index (χ0) is 13.8. The normalized spacial score (nSPS) is 19.4. The number of nitrogens with one attached hydrogen (secondary N) is 1. The highest BCUT2D eigenvalue weighted by atomic mass is 35.5. The highest BCUT2D eigenvalue weighted by Crippen LogP contribution is 2.25. The van der Waals surface area contributed by atoms with E-state index in [4.69, 9.17) is 11.6 Å². The lowest BCUT2D eigenvalue weighted by Gasteiger charge is -2.35. The maximum atomic E-state index is 12.0.